The highest BCUT2D eigenvalue weighted by molar-refractivity contribution is 5.69. The molecule has 4 aliphatic heterocycles. The van der Waals surface area contributed by atoms with Gasteiger partial charge in [-0.3, -0.25) is 4.79 Å². The van der Waals surface area contributed by atoms with Crippen molar-refractivity contribution in [3.05, 3.63) is 35.9 Å². The SMILES string of the molecule is C[C@H]1[C@H](OC(=O)CCN(C)Cc2ccccc2)OC2O[C@]3(C)CC[C@H]4[C@H](C)CC[C@@H]1[C@@]24OO3. The molecule has 0 amide bonds. The molecule has 1 aromatic rings. The van der Waals surface area contributed by atoms with Crippen molar-refractivity contribution in [2.45, 2.75) is 83.4 Å². The van der Waals surface area contributed by atoms with Crippen molar-refractivity contribution >= 4 is 5.97 Å². The summed E-state index contributed by atoms with van der Waals surface area (Å²) in [4.78, 5) is 26.9. The third-order valence-electron chi connectivity index (χ3n) is 8.34. The van der Waals surface area contributed by atoms with Gasteiger partial charge in [0.1, 0.15) is 0 Å². The van der Waals surface area contributed by atoms with E-state index in [4.69, 9.17) is 24.0 Å². The molecule has 33 heavy (non-hydrogen) atoms. The van der Waals surface area contributed by atoms with Gasteiger partial charge in [0.15, 0.2) is 11.9 Å². The number of nitrogens with zero attached hydrogens (tertiary/aromatic N) is 1. The summed E-state index contributed by atoms with van der Waals surface area (Å²) in [6.45, 7) is 7.71. The van der Waals surface area contributed by atoms with Crippen LogP contribution in [0.25, 0.3) is 0 Å². The summed E-state index contributed by atoms with van der Waals surface area (Å²) in [6, 6.07) is 10.2. The molecule has 5 fully saturated rings. The van der Waals surface area contributed by atoms with Gasteiger partial charge in [-0.05, 0) is 50.6 Å². The molecular formula is C26H37NO6. The summed E-state index contributed by atoms with van der Waals surface area (Å²) >= 11 is 0. The number of benzene rings is 1. The van der Waals surface area contributed by atoms with Crippen molar-refractivity contribution < 1.29 is 28.8 Å². The Labute approximate surface area is 196 Å². The van der Waals surface area contributed by atoms with E-state index in [2.05, 4.69) is 30.9 Å². The molecule has 1 unspecified atom stereocenters. The number of carbonyl (C=O) groups excluding carboxylic acids is 1. The number of carbonyl (C=O) groups is 1. The van der Waals surface area contributed by atoms with E-state index in [1.54, 1.807) is 0 Å². The van der Waals surface area contributed by atoms with Crippen LogP contribution >= 0.6 is 0 Å². The summed E-state index contributed by atoms with van der Waals surface area (Å²) in [6.07, 6.45) is 2.94. The summed E-state index contributed by atoms with van der Waals surface area (Å²) in [7, 11) is 2.02. The molecule has 7 heteroatoms. The summed E-state index contributed by atoms with van der Waals surface area (Å²) < 4.78 is 18.6. The molecule has 4 heterocycles. The van der Waals surface area contributed by atoms with E-state index in [0.29, 0.717) is 24.8 Å². The molecule has 1 spiro atoms. The third kappa shape index (κ3) is 4.23. The number of fused-ring (bicyclic) bond motifs is 2. The Morgan fingerprint density at radius 3 is 2.70 bits per heavy atom. The highest BCUT2D eigenvalue weighted by atomic mass is 17.3. The van der Waals surface area contributed by atoms with Gasteiger partial charge in [0.25, 0.3) is 0 Å². The maximum absolute atomic E-state index is 12.8. The first kappa shape index (κ1) is 23.2. The Morgan fingerprint density at radius 1 is 1.12 bits per heavy atom. The molecule has 6 rings (SSSR count). The molecule has 0 aromatic heterocycles. The van der Waals surface area contributed by atoms with E-state index in [0.717, 1.165) is 32.2 Å². The predicted octanol–water partition coefficient (Wildman–Crippen LogP) is 4.26. The number of hydrogen-bond donors (Lipinski definition) is 0. The van der Waals surface area contributed by atoms with Gasteiger partial charge in [0.2, 0.25) is 12.1 Å². The standard InChI is InChI=1S/C26H37NO6/c1-17-10-11-21-18(2)23(29-22(28)13-15-27(4)16-19-8-6-5-7-9-19)30-24-26(21)20(17)12-14-25(3,31-24)32-33-26/h5-9,17-18,20-21,23-24H,10-16H2,1-4H3/t17-,18-,20+,21+,23-,24?,25+,26-/m1/s1. The van der Waals surface area contributed by atoms with Crippen molar-refractivity contribution in [1.82, 2.24) is 4.90 Å². The second-order valence-corrected chi connectivity index (χ2v) is 10.7. The van der Waals surface area contributed by atoms with Gasteiger partial charge >= 0.3 is 5.97 Å². The zero-order valence-electron chi connectivity index (χ0n) is 20.2. The Hall–Kier alpha value is -1.51. The Balaban J connectivity index is 1.24. The Kier molecular flexibility index (Phi) is 6.29. The first-order valence-electron chi connectivity index (χ1n) is 12.4. The van der Waals surface area contributed by atoms with Gasteiger partial charge < -0.3 is 19.1 Å². The van der Waals surface area contributed by atoms with Gasteiger partial charge in [-0.2, -0.15) is 0 Å². The maximum Gasteiger partial charge on any atom is 0.309 e. The molecule has 0 N–H and O–H groups in total. The van der Waals surface area contributed by atoms with Gasteiger partial charge in [-0.25, -0.2) is 9.78 Å². The molecule has 1 aliphatic carbocycles. The first-order valence-corrected chi connectivity index (χ1v) is 12.4. The van der Waals surface area contributed by atoms with Crippen molar-refractivity contribution in [2.24, 2.45) is 23.7 Å². The fourth-order valence-electron chi connectivity index (χ4n) is 6.45. The van der Waals surface area contributed by atoms with Crippen LogP contribution in [0.15, 0.2) is 30.3 Å². The van der Waals surface area contributed by atoms with Gasteiger partial charge in [0.05, 0.1) is 6.42 Å². The van der Waals surface area contributed by atoms with Crippen molar-refractivity contribution in [3.8, 4) is 0 Å². The van der Waals surface area contributed by atoms with E-state index in [9.17, 15) is 4.79 Å². The van der Waals surface area contributed by atoms with E-state index in [-0.39, 0.29) is 17.8 Å². The first-order chi connectivity index (χ1) is 15.8. The molecule has 2 bridgehead atoms. The maximum atomic E-state index is 12.8. The minimum atomic E-state index is -0.827. The minimum absolute atomic E-state index is 0.00287. The van der Waals surface area contributed by atoms with Crippen molar-refractivity contribution in [1.29, 1.82) is 0 Å². The Morgan fingerprint density at radius 2 is 1.91 bits per heavy atom. The van der Waals surface area contributed by atoms with Gasteiger partial charge in [-0.15, -0.1) is 0 Å². The lowest BCUT2D eigenvalue weighted by Gasteiger charge is -2.59. The Bertz CT molecular complexity index is 850. The molecule has 1 saturated carbocycles. The van der Waals surface area contributed by atoms with Crippen LogP contribution in [0.1, 0.15) is 58.4 Å². The van der Waals surface area contributed by atoms with Gasteiger partial charge in [0, 0.05) is 31.3 Å². The predicted molar refractivity (Wildman–Crippen MR) is 120 cm³/mol. The van der Waals surface area contributed by atoms with Crippen LogP contribution in [0.4, 0.5) is 0 Å². The number of esters is 1. The largest absolute Gasteiger partial charge is 0.435 e. The lowest BCUT2D eigenvalue weighted by molar-refractivity contribution is -0.576. The molecule has 8 atom stereocenters. The lowest BCUT2D eigenvalue weighted by atomic mass is 9.58. The fourth-order valence-corrected chi connectivity index (χ4v) is 6.45. The monoisotopic (exact) mass is 459 g/mol. The van der Waals surface area contributed by atoms with Crippen LogP contribution < -0.4 is 0 Å². The van der Waals surface area contributed by atoms with Crippen LogP contribution in [0, 0.1) is 23.7 Å². The van der Waals surface area contributed by atoms with E-state index in [1.165, 1.54) is 5.56 Å². The topological polar surface area (TPSA) is 66.5 Å². The molecular weight excluding hydrogens is 422 g/mol. The van der Waals surface area contributed by atoms with E-state index in [1.807, 2.05) is 32.2 Å². The molecule has 0 radical (unpaired) electrons. The van der Waals surface area contributed by atoms with Crippen LogP contribution in [-0.2, 0) is 35.3 Å². The highest BCUT2D eigenvalue weighted by Gasteiger charge is 2.69. The zero-order valence-corrected chi connectivity index (χ0v) is 20.2. The minimum Gasteiger partial charge on any atom is -0.435 e. The lowest BCUT2D eigenvalue weighted by Crippen LogP contribution is -2.70. The second-order valence-electron chi connectivity index (χ2n) is 10.7. The normalized spacial score (nSPS) is 42.0. The van der Waals surface area contributed by atoms with Crippen LogP contribution in [0.2, 0.25) is 0 Å². The summed E-state index contributed by atoms with van der Waals surface area (Å²) in [5.41, 5.74) is 0.589. The van der Waals surface area contributed by atoms with Crippen LogP contribution in [0.3, 0.4) is 0 Å². The number of ether oxygens (including phenoxy) is 3. The van der Waals surface area contributed by atoms with Crippen LogP contribution in [-0.4, -0.2) is 48.4 Å². The smallest absolute Gasteiger partial charge is 0.309 e. The van der Waals surface area contributed by atoms with Crippen molar-refractivity contribution in [3.63, 3.8) is 0 Å². The quantitative estimate of drug-likeness (QED) is 0.465. The summed E-state index contributed by atoms with van der Waals surface area (Å²) in [5, 5.41) is 0. The molecule has 5 aliphatic rings. The zero-order chi connectivity index (χ0) is 23.2. The third-order valence-corrected chi connectivity index (χ3v) is 8.34. The van der Waals surface area contributed by atoms with E-state index >= 15 is 0 Å². The second kappa shape index (κ2) is 8.93. The van der Waals surface area contributed by atoms with Gasteiger partial charge in [-0.1, -0.05) is 44.2 Å². The molecule has 4 saturated heterocycles. The molecule has 182 valence electrons. The van der Waals surface area contributed by atoms with E-state index < -0.39 is 24.0 Å². The molecule has 7 nitrogen and oxygen atoms in total. The number of rotatable bonds is 6. The number of hydrogen-bond acceptors (Lipinski definition) is 7. The average molecular weight is 460 g/mol. The summed E-state index contributed by atoms with van der Waals surface area (Å²) in [5.74, 6) is -0.115. The van der Waals surface area contributed by atoms with Crippen molar-refractivity contribution in [2.75, 3.05) is 13.6 Å². The average Bonchev–Trinajstić information content (AvgIpc) is 3.02. The highest BCUT2D eigenvalue weighted by Crippen LogP contribution is 2.60. The fraction of sp³-hybridized carbons (Fsp3) is 0.731. The molecule has 1 aromatic carbocycles. The van der Waals surface area contributed by atoms with Crippen LogP contribution in [0.5, 0.6) is 0 Å².